The van der Waals surface area contributed by atoms with Crippen molar-refractivity contribution in [3.05, 3.63) is 67.9 Å². The molecule has 1 aliphatic heterocycles. The van der Waals surface area contributed by atoms with E-state index in [1.54, 1.807) is 12.3 Å². The van der Waals surface area contributed by atoms with Crippen molar-refractivity contribution in [3.63, 3.8) is 0 Å². The number of benzene rings is 1. The Morgan fingerprint density at radius 2 is 2.00 bits per heavy atom. The highest BCUT2D eigenvalue weighted by Crippen LogP contribution is 2.29. The fourth-order valence-electron chi connectivity index (χ4n) is 3.08. The van der Waals surface area contributed by atoms with Crippen LogP contribution in [0.25, 0.3) is 16.7 Å². The number of pyridine rings is 1. The lowest BCUT2D eigenvalue weighted by atomic mass is 10.1. The van der Waals surface area contributed by atoms with Crippen LogP contribution < -0.4 is 5.56 Å². The minimum atomic E-state index is -0.585. The normalized spacial score (nSPS) is 12.5. The zero-order valence-electron chi connectivity index (χ0n) is 14.0. The van der Waals surface area contributed by atoms with Gasteiger partial charge in [-0.2, -0.15) is 0 Å². The number of nitro benzene ring substituents is 1. The van der Waals surface area contributed by atoms with E-state index in [9.17, 15) is 19.7 Å². The number of fused-ring (bicyclic) bond motifs is 4. The largest absolute Gasteiger partial charge is 0.305 e. The Morgan fingerprint density at radius 3 is 2.69 bits per heavy atom. The van der Waals surface area contributed by atoms with Gasteiger partial charge < -0.3 is 4.90 Å². The highest BCUT2D eigenvalue weighted by atomic mass is 16.6. The van der Waals surface area contributed by atoms with Crippen LogP contribution >= 0.6 is 0 Å². The van der Waals surface area contributed by atoms with Crippen LogP contribution in [-0.2, 0) is 6.54 Å². The zero-order chi connectivity index (χ0) is 18.6. The monoisotopic (exact) mass is 351 g/mol. The Labute approximate surface area is 146 Å². The lowest BCUT2D eigenvalue weighted by Crippen LogP contribution is -2.22. The molecule has 0 saturated heterocycles. The summed E-state index contributed by atoms with van der Waals surface area (Å²) in [5, 5.41) is 11.3. The van der Waals surface area contributed by atoms with Crippen LogP contribution in [-0.4, -0.2) is 44.2 Å². The van der Waals surface area contributed by atoms with Gasteiger partial charge in [0.1, 0.15) is 0 Å². The molecule has 26 heavy (non-hydrogen) atoms. The number of hydrogen-bond donors (Lipinski definition) is 0. The number of nitro groups is 1. The molecular formula is C17H13N5O4. The first-order chi connectivity index (χ1) is 12.4. The van der Waals surface area contributed by atoms with Gasteiger partial charge in [0.25, 0.3) is 11.2 Å². The molecule has 0 N–H and O–H groups in total. The smallest absolute Gasteiger partial charge is 0.270 e. The summed E-state index contributed by atoms with van der Waals surface area (Å²) < 4.78 is 1.20. The summed E-state index contributed by atoms with van der Waals surface area (Å²) in [5.41, 5.74) is 0.781. The highest BCUT2D eigenvalue weighted by molar-refractivity contribution is 6.13. The predicted molar refractivity (Wildman–Crippen MR) is 92.6 cm³/mol. The zero-order valence-corrected chi connectivity index (χ0v) is 14.0. The van der Waals surface area contributed by atoms with E-state index in [0.29, 0.717) is 17.6 Å². The molecule has 2 aromatic heterocycles. The van der Waals surface area contributed by atoms with Crippen molar-refractivity contribution in [1.29, 1.82) is 0 Å². The molecule has 130 valence electrons. The Bertz CT molecular complexity index is 1170. The van der Waals surface area contributed by atoms with Gasteiger partial charge in [0.15, 0.2) is 11.5 Å². The van der Waals surface area contributed by atoms with E-state index in [-0.39, 0.29) is 22.7 Å². The summed E-state index contributed by atoms with van der Waals surface area (Å²) in [5.74, 6) is -0.604. The number of aromatic nitrogens is 3. The van der Waals surface area contributed by atoms with Gasteiger partial charge in [0.05, 0.1) is 21.6 Å². The summed E-state index contributed by atoms with van der Waals surface area (Å²) in [4.78, 5) is 46.3. The first-order valence-corrected chi connectivity index (χ1v) is 7.77. The second-order valence-electron chi connectivity index (χ2n) is 6.32. The van der Waals surface area contributed by atoms with Crippen LogP contribution in [0, 0.1) is 10.1 Å². The summed E-state index contributed by atoms with van der Waals surface area (Å²) in [6, 6.07) is 5.53. The van der Waals surface area contributed by atoms with Crippen molar-refractivity contribution in [2.75, 3.05) is 14.1 Å². The molecule has 0 aliphatic carbocycles. The van der Waals surface area contributed by atoms with E-state index < -0.39 is 16.3 Å². The molecule has 1 aromatic carbocycles. The number of hydrogen-bond acceptors (Lipinski definition) is 7. The average molecular weight is 351 g/mol. The summed E-state index contributed by atoms with van der Waals surface area (Å²) in [6.45, 7) is 0.603. The number of non-ortho nitro benzene ring substituents is 1. The average Bonchev–Trinajstić information content (AvgIpc) is 2.87. The lowest BCUT2D eigenvalue weighted by Gasteiger charge is -2.10. The van der Waals surface area contributed by atoms with E-state index in [1.807, 2.05) is 19.0 Å². The van der Waals surface area contributed by atoms with Gasteiger partial charge in [-0.25, -0.2) is 9.97 Å². The van der Waals surface area contributed by atoms with E-state index in [1.165, 1.54) is 22.8 Å². The Morgan fingerprint density at radius 1 is 1.23 bits per heavy atom. The molecule has 3 heterocycles. The molecule has 0 atom stereocenters. The lowest BCUT2D eigenvalue weighted by molar-refractivity contribution is -0.384. The van der Waals surface area contributed by atoms with E-state index in [0.717, 1.165) is 5.56 Å². The second kappa shape index (κ2) is 5.53. The minimum absolute atomic E-state index is 0.0779. The molecule has 0 spiro atoms. The van der Waals surface area contributed by atoms with Crippen molar-refractivity contribution < 1.29 is 9.72 Å². The van der Waals surface area contributed by atoms with Crippen molar-refractivity contribution >= 4 is 22.5 Å². The fraction of sp³-hybridized carbons (Fsp3) is 0.176. The third kappa shape index (κ3) is 2.29. The SMILES string of the molecule is CN(C)Cc1cnc2nc3n(c(=O)c2c1)-c1ccc([N+](=O)[O-])cc1C3=O. The molecule has 9 nitrogen and oxygen atoms in total. The van der Waals surface area contributed by atoms with Gasteiger partial charge in [0, 0.05) is 24.9 Å². The maximum atomic E-state index is 13.0. The number of nitrogens with zero attached hydrogens (tertiary/aromatic N) is 5. The molecule has 3 aromatic rings. The van der Waals surface area contributed by atoms with Gasteiger partial charge in [-0.05, 0) is 31.8 Å². The van der Waals surface area contributed by atoms with E-state index in [4.69, 9.17) is 0 Å². The van der Waals surface area contributed by atoms with Gasteiger partial charge in [-0.15, -0.1) is 0 Å². The minimum Gasteiger partial charge on any atom is -0.305 e. The van der Waals surface area contributed by atoms with Crippen LogP contribution in [0.2, 0.25) is 0 Å². The van der Waals surface area contributed by atoms with Crippen LogP contribution in [0.3, 0.4) is 0 Å². The van der Waals surface area contributed by atoms with Crippen molar-refractivity contribution in [3.8, 4) is 5.69 Å². The number of ketones is 1. The van der Waals surface area contributed by atoms with Crippen LogP contribution in [0.15, 0.2) is 35.3 Å². The Hall–Kier alpha value is -3.46. The van der Waals surface area contributed by atoms with E-state index in [2.05, 4.69) is 9.97 Å². The fourth-order valence-corrected chi connectivity index (χ4v) is 3.08. The predicted octanol–water partition coefficient (Wildman–Crippen LogP) is 1.29. The second-order valence-corrected chi connectivity index (χ2v) is 6.32. The molecule has 9 heteroatoms. The van der Waals surface area contributed by atoms with Crippen molar-refractivity contribution in [2.45, 2.75) is 6.54 Å². The Balaban J connectivity index is 1.97. The summed E-state index contributed by atoms with van der Waals surface area (Å²) >= 11 is 0. The molecule has 0 unspecified atom stereocenters. The number of rotatable bonds is 3. The molecule has 0 fully saturated rings. The molecule has 1 aliphatic rings. The van der Waals surface area contributed by atoms with Gasteiger partial charge >= 0.3 is 0 Å². The van der Waals surface area contributed by atoms with Crippen LogP contribution in [0.4, 0.5) is 5.69 Å². The number of carbonyl (C=O) groups excluding carboxylic acids is 1. The molecule has 0 bridgehead atoms. The first kappa shape index (κ1) is 16.0. The summed E-state index contributed by atoms with van der Waals surface area (Å²) in [7, 11) is 3.81. The third-order valence-corrected chi connectivity index (χ3v) is 4.16. The number of carbonyl (C=O) groups is 1. The van der Waals surface area contributed by atoms with Crippen molar-refractivity contribution in [1.82, 2.24) is 19.4 Å². The molecule has 0 amide bonds. The third-order valence-electron chi connectivity index (χ3n) is 4.16. The van der Waals surface area contributed by atoms with Crippen LogP contribution in [0.1, 0.15) is 21.7 Å². The van der Waals surface area contributed by atoms with Gasteiger partial charge in [-0.1, -0.05) is 0 Å². The maximum absolute atomic E-state index is 13.0. The molecule has 4 rings (SSSR count). The summed E-state index contributed by atoms with van der Waals surface area (Å²) in [6.07, 6.45) is 1.61. The maximum Gasteiger partial charge on any atom is 0.270 e. The van der Waals surface area contributed by atoms with Gasteiger partial charge in [0.2, 0.25) is 5.78 Å². The van der Waals surface area contributed by atoms with Crippen LogP contribution in [0.5, 0.6) is 0 Å². The highest BCUT2D eigenvalue weighted by Gasteiger charge is 2.32. The molecular weight excluding hydrogens is 338 g/mol. The van der Waals surface area contributed by atoms with Crippen molar-refractivity contribution in [2.24, 2.45) is 0 Å². The standard InChI is InChI=1S/C17H13N5O4/c1-20(2)8-9-5-12-15(18-7-9)19-16-14(23)11-6-10(22(25)26)3-4-13(11)21(16)17(12)24/h3-7H,8H2,1-2H3. The Kier molecular flexibility index (Phi) is 3.41. The van der Waals surface area contributed by atoms with Gasteiger partial charge in [-0.3, -0.25) is 24.3 Å². The topological polar surface area (TPSA) is 111 Å². The molecule has 0 saturated carbocycles. The molecule has 0 radical (unpaired) electrons. The quantitative estimate of drug-likeness (QED) is 0.404. The first-order valence-electron chi connectivity index (χ1n) is 7.77. The van der Waals surface area contributed by atoms with E-state index >= 15 is 0 Å².